The minimum atomic E-state index is -0.730. The maximum atomic E-state index is 11.1. The van der Waals surface area contributed by atoms with E-state index in [1.807, 2.05) is 0 Å². The summed E-state index contributed by atoms with van der Waals surface area (Å²) in [6.45, 7) is -0.269. The average Bonchev–Trinajstić information content (AvgIpc) is 2.47. The van der Waals surface area contributed by atoms with Gasteiger partial charge in [0.1, 0.15) is 12.6 Å². The maximum absolute atomic E-state index is 11.1. The molecule has 7 nitrogen and oxygen atoms in total. The first kappa shape index (κ1) is 9.30. The molecule has 1 atom stereocenters. The van der Waals surface area contributed by atoms with Crippen molar-refractivity contribution in [1.82, 2.24) is 10.6 Å². The number of ether oxygens (including phenoxy) is 1. The fourth-order valence-corrected chi connectivity index (χ4v) is 0.823. The van der Waals surface area contributed by atoms with Crippen molar-refractivity contribution in [3.8, 4) is 0 Å². The summed E-state index contributed by atoms with van der Waals surface area (Å²) in [5.41, 5.74) is 4.79. The number of alkyl carbamates (subject to hydrolysis) is 1. The van der Waals surface area contributed by atoms with Crippen molar-refractivity contribution >= 4 is 17.9 Å². The molecule has 0 aromatic heterocycles. The monoisotopic (exact) mass is 187 g/mol. The third-order valence-corrected chi connectivity index (χ3v) is 1.43. The Balaban J connectivity index is 2.31. The van der Waals surface area contributed by atoms with E-state index in [1.54, 1.807) is 0 Å². The van der Waals surface area contributed by atoms with Gasteiger partial charge in [-0.1, -0.05) is 0 Å². The highest BCUT2D eigenvalue weighted by Crippen LogP contribution is 1.96. The second-order valence-electron chi connectivity index (χ2n) is 2.48. The molecule has 1 saturated heterocycles. The second-order valence-corrected chi connectivity index (χ2v) is 2.48. The lowest BCUT2D eigenvalue weighted by molar-refractivity contribution is -0.126. The molecule has 1 fully saturated rings. The normalized spacial score (nSPS) is 20.3. The van der Waals surface area contributed by atoms with Gasteiger partial charge in [-0.3, -0.25) is 9.59 Å². The van der Waals surface area contributed by atoms with Gasteiger partial charge in [0, 0.05) is 0 Å². The van der Waals surface area contributed by atoms with Crippen molar-refractivity contribution in [1.29, 1.82) is 0 Å². The van der Waals surface area contributed by atoms with E-state index in [9.17, 15) is 14.4 Å². The fraction of sp³-hybridized carbons (Fsp3) is 0.500. The number of carbonyl (C=O) groups is 3. The van der Waals surface area contributed by atoms with Crippen LogP contribution in [0.15, 0.2) is 0 Å². The lowest BCUT2D eigenvalue weighted by Gasteiger charge is -2.06. The Morgan fingerprint density at radius 1 is 1.69 bits per heavy atom. The quantitative estimate of drug-likeness (QED) is 0.461. The first-order chi connectivity index (χ1) is 6.09. The van der Waals surface area contributed by atoms with E-state index >= 15 is 0 Å². The van der Waals surface area contributed by atoms with Crippen molar-refractivity contribution in [3.05, 3.63) is 0 Å². The Morgan fingerprint density at radius 3 is 2.85 bits per heavy atom. The van der Waals surface area contributed by atoms with Crippen molar-refractivity contribution in [2.75, 3.05) is 13.2 Å². The number of nitrogens with two attached hydrogens (primary N) is 1. The summed E-state index contributed by atoms with van der Waals surface area (Å²) in [4.78, 5) is 31.8. The van der Waals surface area contributed by atoms with Gasteiger partial charge in [-0.2, -0.15) is 0 Å². The molecule has 7 heteroatoms. The number of nitrogens with one attached hydrogen (secondary N) is 2. The van der Waals surface area contributed by atoms with Gasteiger partial charge < -0.3 is 21.1 Å². The Morgan fingerprint density at radius 2 is 2.38 bits per heavy atom. The molecule has 1 rings (SSSR count). The van der Waals surface area contributed by atoms with Gasteiger partial charge in [0.15, 0.2) is 0 Å². The van der Waals surface area contributed by atoms with Crippen molar-refractivity contribution in [3.63, 3.8) is 0 Å². The molecule has 72 valence electrons. The standard InChI is InChI=1S/C6H9N3O4/c7-4(10)1-8-5(11)3-2-13-6(12)9-3/h3H,1-2H2,(H2,7,10)(H,8,11)(H,9,12). The molecular formula is C6H9N3O4. The van der Waals surface area contributed by atoms with Crippen LogP contribution >= 0.6 is 0 Å². The Kier molecular flexibility index (Phi) is 2.68. The lowest BCUT2D eigenvalue weighted by Crippen LogP contribution is -2.45. The largest absolute Gasteiger partial charge is 0.447 e. The minimum absolute atomic E-state index is 0.0244. The van der Waals surface area contributed by atoms with Crippen molar-refractivity contribution in [2.45, 2.75) is 6.04 Å². The summed E-state index contributed by atoms with van der Waals surface area (Å²) < 4.78 is 4.47. The number of rotatable bonds is 3. The lowest BCUT2D eigenvalue weighted by atomic mass is 10.3. The zero-order valence-corrected chi connectivity index (χ0v) is 6.70. The third-order valence-electron chi connectivity index (χ3n) is 1.43. The summed E-state index contributed by atoms with van der Waals surface area (Å²) in [6, 6.07) is -0.730. The number of amides is 3. The molecule has 0 aliphatic carbocycles. The summed E-state index contributed by atoms with van der Waals surface area (Å²) in [7, 11) is 0. The topological polar surface area (TPSA) is 111 Å². The molecule has 0 bridgehead atoms. The molecule has 0 radical (unpaired) electrons. The number of carbonyl (C=O) groups excluding carboxylic acids is 3. The molecule has 3 amide bonds. The smallest absolute Gasteiger partial charge is 0.407 e. The van der Waals surface area contributed by atoms with Crippen LogP contribution in [-0.2, 0) is 14.3 Å². The van der Waals surface area contributed by atoms with Crippen LogP contribution in [0.3, 0.4) is 0 Å². The number of cyclic esters (lactones) is 1. The van der Waals surface area contributed by atoms with E-state index in [0.29, 0.717) is 0 Å². The molecule has 1 aliphatic heterocycles. The predicted molar refractivity (Wildman–Crippen MR) is 40.5 cm³/mol. The summed E-state index contributed by atoms with van der Waals surface area (Å²) >= 11 is 0. The van der Waals surface area contributed by atoms with Gasteiger partial charge in [-0.05, 0) is 0 Å². The zero-order chi connectivity index (χ0) is 9.84. The molecule has 0 saturated carbocycles. The average molecular weight is 187 g/mol. The minimum Gasteiger partial charge on any atom is -0.447 e. The summed E-state index contributed by atoms with van der Waals surface area (Å²) in [5.74, 6) is -1.12. The zero-order valence-electron chi connectivity index (χ0n) is 6.70. The Hall–Kier alpha value is -1.79. The molecule has 13 heavy (non-hydrogen) atoms. The molecular weight excluding hydrogens is 178 g/mol. The number of hydrogen-bond acceptors (Lipinski definition) is 4. The highest BCUT2D eigenvalue weighted by atomic mass is 16.6. The molecule has 1 heterocycles. The SMILES string of the molecule is NC(=O)CNC(=O)C1COC(=O)N1. The van der Waals surface area contributed by atoms with Gasteiger partial charge in [-0.15, -0.1) is 0 Å². The van der Waals surface area contributed by atoms with Crippen LogP contribution in [0.1, 0.15) is 0 Å². The maximum Gasteiger partial charge on any atom is 0.407 e. The Bertz CT molecular complexity index is 252. The second kappa shape index (κ2) is 3.74. The van der Waals surface area contributed by atoms with Gasteiger partial charge >= 0.3 is 6.09 Å². The summed E-state index contributed by atoms with van der Waals surface area (Å²) in [5, 5.41) is 4.49. The first-order valence-corrected chi connectivity index (χ1v) is 3.59. The van der Waals surface area contributed by atoms with E-state index < -0.39 is 23.9 Å². The first-order valence-electron chi connectivity index (χ1n) is 3.59. The van der Waals surface area contributed by atoms with Gasteiger partial charge in [0.05, 0.1) is 6.54 Å². The molecule has 0 spiro atoms. The van der Waals surface area contributed by atoms with E-state index in [2.05, 4.69) is 15.4 Å². The highest BCUT2D eigenvalue weighted by Gasteiger charge is 2.28. The predicted octanol–water partition coefficient (Wildman–Crippen LogP) is -2.30. The van der Waals surface area contributed by atoms with E-state index in [-0.39, 0.29) is 13.2 Å². The molecule has 1 unspecified atom stereocenters. The van der Waals surface area contributed by atoms with Gasteiger partial charge in [0.2, 0.25) is 11.8 Å². The van der Waals surface area contributed by atoms with Crippen LogP contribution in [0.5, 0.6) is 0 Å². The van der Waals surface area contributed by atoms with Crippen LogP contribution in [0.4, 0.5) is 4.79 Å². The molecule has 0 aromatic rings. The van der Waals surface area contributed by atoms with E-state index in [4.69, 9.17) is 5.73 Å². The fourth-order valence-electron chi connectivity index (χ4n) is 0.823. The molecule has 1 aliphatic rings. The molecule has 4 N–H and O–H groups in total. The van der Waals surface area contributed by atoms with Crippen LogP contribution < -0.4 is 16.4 Å². The third kappa shape index (κ3) is 2.62. The van der Waals surface area contributed by atoms with Crippen LogP contribution in [0.2, 0.25) is 0 Å². The highest BCUT2D eigenvalue weighted by molar-refractivity contribution is 5.90. The van der Waals surface area contributed by atoms with Gasteiger partial charge in [-0.25, -0.2) is 4.79 Å². The van der Waals surface area contributed by atoms with Crippen LogP contribution in [-0.4, -0.2) is 37.1 Å². The van der Waals surface area contributed by atoms with Crippen LogP contribution in [0, 0.1) is 0 Å². The number of primary amides is 1. The van der Waals surface area contributed by atoms with Gasteiger partial charge in [0.25, 0.3) is 0 Å². The van der Waals surface area contributed by atoms with E-state index in [1.165, 1.54) is 0 Å². The van der Waals surface area contributed by atoms with Crippen molar-refractivity contribution in [2.24, 2.45) is 5.73 Å². The van der Waals surface area contributed by atoms with Crippen molar-refractivity contribution < 1.29 is 19.1 Å². The number of hydrogen-bond donors (Lipinski definition) is 3. The summed E-state index contributed by atoms with van der Waals surface area (Å²) in [6.07, 6.45) is -0.640. The molecule has 0 aromatic carbocycles. The Labute approximate surface area is 73.6 Å². The van der Waals surface area contributed by atoms with E-state index in [0.717, 1.165) is 0 Å². The van der Waals surface area contributed by atoms with Crippen LogP contribution in [0.25, 0.3) is 0 Å².